The van der Waals surface area contributed by atoms with Gasteiger partial charge in [-0.25, -0.2) is 0 Å². The lowest BCUT2D eigenvalue weighted by molar-refractivity contribution is -0.123. The third-order valence-electron chi connectivity index (χ3n) is 4.66. The second-order valence-electron chi connectivity index (χ2n) is 7.94. The van der Waals surface area contributed by atoms with Gasteiger partial charge in [0.15, 0.2) is 16.7 Å². The first-order chi connectivity index (χ1) is 15.6. The van der Waals surface area contributed by atoms with Crippen molar-refractivity contribution in [1.29, 1.82) is 0 Å². The van der Waals surface area contributed by atoms with Crippen molar-refractivity contribution in [2.24, 2.45) is 4.99 Å². The average Bonchev–Trinajstić information content (AvgIpc) is 3.02. The maximum Gasteiger partial charge on any atom is 0.266 e. The molecule has 5 nitrogen and oxygen atoms in total. The van der Waals surface area contributed by atoms with E-state index in [2.05, 4.69) is 20.9 Å². The molecule has 0 N–H and O–H groups in total. The van der Waals surface area contributed by atoms with Crippen molar-refractivity contribution in [3.63, 3.8) is 0 Å². The number of halogens is 3. The zero-order valence-electron chi connectivity index (χ0n) is 19.0. The van der Waals surface area contributed by atoms with Crippen molar-refractivity contribution in [2.75, 3.05) is 7.11 Å². The number of carbonyl (C=O) groups is 1. The zero-order valence-corrected chi connectivity index (χ0v) is 22.9. The van der Waals surface area contributed by atoms with Gasteiger partial charge in [0.1, 0.15) is 6.61 Å². The number of methoxy groups -OCH3 is 1. The summed E-state index contributed by atoms with van der Waals surface area (Å²) in [4.78, 5) is 20.0. The highest BCUT2D eigenvalue weighted by Gasteiger charge is 2.35. The van der Waals surface area contributed by atoms with E-state index in [0.717, 1.165) is 16.3 Å². The molecule has 3 rings (SSSR count). The molecule has 9 heteroatoms. The van der Waals surface area contributed by atoms with E-state index in [4.69, 9.17) is 32.7 Å². The minimum atomic E-state index is -0.0535. The summed E-state index contributed by atoms with van der Waals surface area (Å²) in [5.74, 6) is 1.03. The lowest BCUT2D eigenvalue weighted by atomic mass is 10.1. The monoisotopic (exact) mass is 570 g/mol. The van der Waals surface area contributed by atoms with Gasteiger partial charge < -0.3 is 9.47 Å². The highest BCUT2D eigenvalue weighted by atomic mass is 79.9. The molecule has 0 spiro atoms. The number of aliphatic imine (C=N–C) groups is 1. The third kappa shape index (κ3) is 6.27. The van der Waals surface area contributed by atoms with Gasteiger partial charge in [-0.2, -0.15) is 0 Å². The molecule has 1 fully saturated rings. The summed E-state index contributed by atoms with van der Waals surface area (Å²) >= 11 is 17.2. The predicted octanol–water partition coefficient (Wildman–Crippen LogP) is 7.43. The highest BCUT2D eigenvalue weighted by molar-refractivity contribution is 9.10. The van der Waals surface area contributed by atoms with Crippen LogP contribution in [-0.2, 0) is 11.4 Å². The van der Waals surface area contributed by atoms with Crippen LogP contribution in [0, 0.1) is 0 Å². The molecular weight excluding hydrogens is 547 g/mol. The molecule has 0 aliphatic carbocycles. The number of amidine groups is 1. The van der Waals surface area contributed by atoms with Crippen molar-refractivity contribution in [2.45, 2.75) is 46.4 Å². The van der Waals surface area contributed by atoms with Gasteiger partial charge in [-0.3, -0.25) is 14.7 Å². The Bertz CT molecular complexity index is 1120. The molecule has 0 bridgehead atoms. The molecule has 2 aromatic carbocycles. The molecule has 0 radical (unpaired) electrons. The number of ether oxygens (including phenoxy) is 2. The van der Waals surface area contributed by atoms with Gasteiger partial charge in [0.25, 0.3) is 5.91 Å². The topological polar surface area (TPSA) is 51.1 Å². The standard InChI is InChI=1S/C24H25BrCl2N2O3S/c1-13(2)28-24-29(14(3)4)23(30)21(33-24)10-15-8-18(25)22(20(9-15)31-5)32-12-16-6-7-17(26)11-19(16)27/h6-11,13-14H,12H2,1-5H3/b21-10+,28-24?. The molecule has 1 aliphatic heterocycles. The first-order valence-electron chi connectivity index (χ1n) is 10.4. The predicted molar refractivity (Wildman–Crippen MR) is 142 cm³/mol. The molecule has 33 heavy (non-hydrogen) atoms. The van der Waals surface area contributed by atoms with Crippen LogP contribution in [0.3, 0.4) is 0 Å². The summed E-state index contributed by atoms with van der Waals surface area (Å²) in [6, 6.07) is 9.11. The van der Waals surface area contributed by atoms with Crippen LogP contribution >= 0.6 is 50.9 Å². The Balaban J connectivity index is 1.88. The van der Waals surface area contributed by atoms with E-state index in [-0.39, 0.29) is 24.6 Å². The normalized spacial score (nSPS) is 16.5. The quantitative estimate of drug-likeness (QED) is 0.324. The fraction of sp³-hybridized carbons (Fsp3) is 0.333. The largest absolute Gasteiger partial charge is 0.493 e. The molecule has 0 saturated carbocycles. The number of nitrogens with zero attached hydrogens (tertiary/aromatic N) is 2. The lowest BCUT2D eigenvalue weighted by Gasteiger charge is -2.20. The fourth-order valence-corrected chi connectivity index (χ4v) is 5.43. The Morgan fingerprint density at radius 1 is 1.18 bits per heavy atom. The SMILES string of the molecule is COc1cc(/C=C2/SC(=NC(C)C)N(C(C)C)C2=O)cc(Br)c1OCc1ccc(Cl)cc1Cl. The summed E-state index contributed by atoms with van der Waals surface area (Å²) in [5.41, 5.74) is 1.61. The third-order valence-corrected chi connectivity index (χ3v) is 6.83. The van der Waals surface area contributed by atoms with Gasteiger partial charge in [-0.15, -0.1) is 0 Å². The van der Waals surface area contributed by atoms with Crippen LogP contribution in [0.15, 0.2) is 44.7 Å². The smallest absolute Gasteiger partial charge is 0.266 e. The van der Waals surface area contributed by atoms with Gasteiger partial charge >= 0.3 is 0 Å². The molecule has 1 amide bonds. The molecule has 0 atom stereocenters. The van der Waals surface area contributed by atoms with E-state index in [1.54, 1.807) is 24.1 Å². The Morgan fingerprint density at radius 2 is 1.91 bits per heavy atom. The molecule has 1 heterocycles. The lowest BCUT2D eigenvalue weighted by Crippen LogP contribution is -2.35. The molecule has 2 aromatic rings. The number of rotatable bonds is 7. The fourth-order valence-electron chi connectivity index (χ4n) is 3.16. The van der Waals surface area contributed by atoms with Gasteiger partial charge in [0, 0.05) is 27.7 Å². The van der Waals surface area contributed by atoms with Gasteiger partial charge in [0.05, 0.1) is 16.5 Å². The minimum absolute atomic E-state index is 0.0186. The van der Waals surface area contributed by atoms with Crippen LogP contribution in [0.2, 0.25) is 10.0 Å². The summed E-state index contributed by atoms with van der Waals surface area (Å²) in [5, 5.41) is 1.82. The molecule has 1 aliphatic rings. The highest BCUT2D eigenvalue weighted by Crippen LogP contribution is 2.40. The van der Waals surface area contributed by atoms with E-state index >= 15 is 0 Å². The van der Waals surface area contributed by atoms with Gasteiger partial charge in [-0.05, 0) is 91.3 Å². The molecule has 176 valence electrons. The molecule has 0 unspecified atom stereocenters. The van der Waals surface area contributed by atoms with Crippen molar-refractivity contribution in [3.8, 4) is 11.5 Å². The van der Waals surface area contributed by atoms with Crippen LogP contribution < -0.4 is 9.47 Å². The maximum atomic E-state index is 13.0. The van der Waals surface area contributed by atoms with Crippen LogP contribution in [-0.4, -0.2) is 35.2 Å². The van der Waals surface area contributed by atoms with Gasteiger partial charge in [-0.1, -0.05) is 29.3 Å². The average molecular weight is 572 g/mol. The van der Waals surface area contributed by atoms with Gasteiger partial charge in [0.2, 0.25) is 0 Å². The minimum Gasteiger partial charge on any atom is -0.493 e. The Morgan fingerprint density at radius 3 is 2.52 bits per heavy atom. The second kappa shape index (κ2) is 11.2. The number of benzene rings is 2. The number of hydrogen-bond donors (Lipinski definition) is 0. The van der Waals surface area contributed by atoms with Crippen LogP contribution in [0.5, 0.6) is 11.5 Å². The summed E-state index contributed by atoms with van der Waals surface area (Å²) < 4.78 is 12.3. The van der Waals surface area contributed by atoms with Crippen molar-refractivity contribution >= 4 is 68.0 Å². The van der Waals surface area contributed by atoms with E-state index in [0.29, 0.717) is 30.9 Å². The molecule has 1 saturated heterocycles. The van der Waals surface area contributed by atoms with Crippen LogP contribution in [0.1, 0.15) is 38.8 Å². The Kier molecular flexibility index (Phi) is 8.78. The van der Waals surface area contributed by atoms with Crippen molar-refractivity contribution < 1.29 is 14.3 Å². The molecular formula is C24H25BrCl2N2O3S. The van der Waals surface area contributed by atoms with Crippen molar-refractivity contribution in [1.82, 2.24) is 4.90 Å². The Hall–Kier alpha value is -1.67. The van der Waals surface area contributed by atoms with E-state index < -0.39 is 0 Å². The van der Waals surface area contributed by atoms with E-state index in [1.807, 2.05) is 52.0 Å². The second-order valence-corrected chi connectivity index (χ2v) is 10.7. The van der Waals surface area contributed by atoms with Crippen LogP contribution in [0.4, 0.5) is 0 Å². The zero-order chi connectivity index (χ0) is 24.3. The first-order valence-corrected chi connectivity index (χ1v) is 12.7. The number of carbonyl (C=O) groups excluding carboxylic acids is 1. The summed E-state index contributed by atoms with van der Waals surface area (Å²) in [6.45, 7) is 8.20. The number of thioether (sulfide) groups is 1. The number of amides is 1. The summed E-state index contributed by atoms with van der Waals surface area (Å²) in [7, 11) is 1.57. The maximum absolute atomic E-state index is 13.0. The number of hydrogen-bond acceptors (Lipinski definition) is 5. The van der Waals surface area contributed by atoms with E-state index in [9.17, 15) is 4.79 Å². The van der Waals surface area contributed by atoms with Crippen LogP contribution in [0.25, 0.3) is 6.08 Å². The Labute approximate surface area is 217 Å². The summed E-state index contributed by atoms with van der Waals surface area (Å²) in [6.07, 6.45) is 1.85. The van der Waals surface area contributed by atoms with Crippen molar-refractivity contribution in [3.05, 3.63) is 60.9 Å². The first kappa shape index (κ1) is 25.9. The molecule has 0 aromatic heterocycles. The van der Waals surface area contributed by atoms with E-state index in [1.165, 1.54) is 11.8 Å².